The van der Waals surface area contributed by atoms with E-state index in [1.54, 1.807) is 12.2 Å². The highest BCUT2D eigenvalue weighted by Gasteiger charge is 2.39. The summed E-state index contributed by atoms with van der Waals surface area (Å²) in [4.78, 5) is 5.90. The summed E-state index contributed by atoms with van der Waals surface area (Å²) in [5.41, 5.74) is 6.42. The summed E-state index contributed by atoms with van der Waals surface area (Å²) in [6.07, 6.45) is 9.84. The van der Waals surface area contributed by atoms with Gasteiger partial charge in [-0.25, -0.2) is 10.1 Å². The van der Waals surface area contributed by atoms with E-state index in [1.807, 2.05) is 19.1 Å². The van der Waals surface area contributed by atoms with Crippen LogP contribution in [0.5, 0.6) is 0 Å². The molecule has 158 valence electrons. The maximum atomic E-state index is 9.21. The van der Waals surface area contributed by atoms with Gasteiger partial charge in [-0.15, -0.1) is 0 Å². The van der Waals surface area contributed by atoms with Crippen molar-refractivity contribution in [2.75, 3.05) is 18.0 Å². The number of allylic oxidation sites excluding steroid dienone is 6. The summed E-state index contributed by atoms with van der Waals surface area (Å²) < 4.78 is 5.84. The topological polar surface area (TPSA) is 40.6 Å². The van der Waals surface area contributed by atoms with Gasteiger partial charge >= 0.3 is 0 Å². The summed E-state index contributed by atoms with van der Waals surface area (Å²) in [5, 5.41) is 9.21. The largest absolute Gasteiger partial charge is 0.462 e. The predicted molar refractivity (Wildman–Crippen MR) is 125 cm³/mol. The van der Waals surface area contributed by atoms with Crippen molar-refractivity contribution in [1.29, 1.82) is 5.26 Å². The number of nitriles is 1. The summed E-state index contributed by atoms with van der Waals surface area (Å²) in [7, 11) is 0. The molecule has 3 aliphatic rings. The van der Waals surface area contributed by atoms with E-state index in [4.69, 9.17) is 11.3 Å². The summed E-state index contributed by atoms with van der Waals surface area (Å²) in [6.45, 7) is 20.7. The molecule has 1 aromatic carbocycles. The molecule has 4 heteroatoms. The average molecular weight is 412 g/mol. The maximum absolute atomic E-state index is 9.21. The highest BCUT2D eigenvalue weighted by atomic mass is 16.5. The Kier molecular flexibility index (Phi) is 5.06. The molecule has 0 atom stereocenters. The summed E-state index contributed by atoms with van der Waals surface area (Å²) in [5.74, 6) is 1.31. The van der Waals surface area contributed by atoms with Gasteiger partial charge in [0.2, 0.25) is 0 Å². The Morgan fingerprint density at radius 2 is 1.71 bits per heavy atom. The third kappa shape index (κ3) is 3.79. The maximum Gasteiger partial charge on any atom is 0.269 e. The number of ether oxygens (including phenoxy) is 1. The van der Waals surface area contributed by atoms with Crippen molar-refractivity contribution in [2.24, 2.45) is 0 Å². The van der Waals surface area contributed by atoms with Crippen LogP contribution in [-0.4, -0.2) is 13.1 Å². The van der Waals surface area contributed by atoms with Crippen LogP contribution in [0.4, 0.5) is 5.69 Å². The van der Waals surface area contributed by atoms with Gasteiger partial charge in [-0.2, -0.15) is 0 Å². The number of nitrogens with zero attached hydrogens (tertiary/aromatic N) is 3. The van der Waals surface area contributed by atoms with Crippen LogP contribution in [-0.2, 0) is 15.6 Å². The van der Waals surface area contributed by atoms with Crippen LogP contribution in [0.3, 0.4) is 0 Å². The van der Waals surface area contributed by atoms with Gasteiger partial charge in [0.15, 0.2) is 0 Å². The highest BCUT2D eigenvalue weighted by molar-refractivity contribution is 5.72. The number of hydrogen-bond donors (Lipinski definition) is 0. The summed E-state index contributed by atoms with van der Waals surface area (Å²) in [6, 6.07) is 6.62. The van der Waals surface area contributed by atoms with Crippen molar-refractivity contribution in [3.8, 4) is 6.07 Å². The Balaban J connectivity index is 1.77. The Labute approximate surface area is 185 Å². The fourth-order valence-corrected chi connectivity index (χ4v) is 4.77. The quantitative estimate of drug-likeness (QED) is 0.418. The molecule has 0 saturated carbocycles. The SMILES string of the molecule is [C-]#[N+]/C(C#N)=C1/C=C(C)OC(/C=C/c2cc3c4c(c2)C(C)(C)CCN4CCC3(C)C)=C1. The molecule has 0 saturated heterocycles. The van der Waals surface area contributed by atoms with Crippen LogP contribution >= 0.6 is 0 Å². The van der Waals surface area contributed by atoms with Crippen LogP contribution in [0.25, 0.3) is 10.9 Å². The third-order valence-corrected chi connectivity index (χ3v) is 6.79. The molecule has 4 nitrogen and oxygen atoms in total. The zero-order chi connectivity index (χ0) is 22.4. The van der Waals surface area contributed by atoms with Crippen molar-refractivity contribution in [1.82, 2.24) is 0 Å². The van der Waals surface area contributed by atoms with E-state index in [9.17, 15) is 5.26 Å². The third-order valence-electron chi connectivity index (χ3n) is 6.79. The molecule has 0 N–H and O–H groups in total. The second-order valence-electron chi connectivity index (χ2n) is 9.98. The monoisotopic (exact) mass is 411 g/mol. The van der Waals surface area contributed by atoms with Gasteiger partial charge in [0.05, 0.1) is 12.6 Å². The van der Waals surface area contributed by atoms with E-state index in [-0.39, 0.29) is 16.5 Å². The molecule has 0 radical (unpaired) electrons. The minimum atomic E-state index is 0.0790. The van der Waals surface area contributed by atoms with Crippen LogP contribution < -0.4 is 4.90 Å². The van der Waals surface area contributed by atoms with Gasteiger partial charge in [0, 0.05) is 18.8 Å². The lowest BCUT2D eigenvalue weighted by Gasteiger charge is -2.48. The van der Waals surface area contributed by atoms with Crippen LogP contribution in [0.2, 0.25) is 0 Å². The molecule has 31 heavy (non-hydrogen) atoms. The second-order valence-corrected chi connectivity index (χ2v) is 9.98. The van der Waals surface area contributed by atoms with E-state index in [1.165, 1.54) is 16.8 Å². The normalized spacial score (nSPS) is 22.5. The van der Waals surface area contributed by atoms with Gasteiger partial charge in [-0.1, -0.05) is 33.8 Å². The Bertz CT molecular complexity index is 1090. The fraction of sp³-hybridized carbons (Fsp3) is 0.407. The molecular formula is C27H29N3O. The molecule has 3 heterocycles. The first-order valence-corrected chi connectivity index (χ1v) is 10.9. The van der Waals surface area contributed by atoms with E-state index < -0.39 is 0 Å². The standard InChI is InChI=1S/C27H29N3O/c1-18-13-20(24(17-28)29-6)16-21(31-18)8-7-19-14-22-25-23(15-19)27(4,5)10-12-30(25)11-9-26(22,2)3/h7-8,13-16H,9-12H2,1-5H3/b8-7+,24-20-. The van der Waals surface area contributed by atoms with Crippen molar-refractivity contribution < 1.29 is 4.74 Å². The van der Waals surface area contributed by atoms with Crippen molar-refractivity contribution in [2.45, 2.75) is 58.3 Å². The highest BCUT2D eigenvalue weighted by Crippen LogP contribution is 2.49. The van der Waals surface area contributed by atoms with Gasteiger partial charge in [0.1, 0.15) is 11.5 Å². The molecule has 0 unspecified atom stereocenters. The molecule has 4 rings (SSSR count). The average Bonchev–Trinajstić information content (AvgIpc) is 2.71. The Morgan fingerprint density at radius 1 is 1.10 bits per heavy atom. The molecular weight excluding hydrogens is 382 g/mol. The van der Waals surface area contributed by atoms with Gasteiger partial charge in [-0.05, 0) is 83.2 Å². The molecule has 0 aromatic heterocycles. The minimum absolute atomic E-state index is 0.0790. The molecule has 0 aliphatic carbocycles. The summed E-state index contributed by atoms with van der Waals surface area (Å²) >= 11 is 0. The smallest absolute Gasteiger partial charge is 0.269 e. The lowest BCUT2D eigenvalue weighted by Crippen LogP contribution is -2.44. The number of rotatable bonds is 2. The molecule has 1 aromatic rings. The van der Waals surface area contributed by atoms with Crippen molar-refractivity contribution in [3.63, 3.8) is 0 Å². The van der Waals surface area contributed by atoms with Gasteiger partial charge in [0.25, 0.3) is 5.70 Å². The first-order valence-electron chi connectivity index (χ1n) is 10.9. The molecule has 3 aliphatic heterocycles. The number of anilines is 1. The van der Waals surface area contributed by atoms with E-state index in [0.717, 1.165) is 31.5 Å². The van der Waals surface area contributed by atoms with Crippen LogP contribution in [0.1, 0.15) is 64.2 Å². The molecule has 0 fully saturated rings. The van der Waals surface area contributed by atoms with Crippen LogP contribution in [0.15, 0.2) is 53.1 Å². The molecule has 0 amide bonds. The second kappa shape index (κ2) is 7.47. The minimum Gasteiger partial charge on any atom is -0.462 e. The zero-order valence-corrected chi connectivity index (χ0v) is 19.0. The zero-order valence-electron chi connectivity index (χ0n) is 19.0. The van der Waals surface area contributed by atoms with Crippen LogP contribution in [0, 0.1) is 17.9 Å². The predicted octanol–water partition coefficient (Wildman–Crippen LogP) is 6.38. The Morgan fingerprint density at radius 3 is 2.26 bits per heavy atom. The van der Waals surface area contributed by atoms with Crippen molar-refractivity contribution >= 4 is 11.8 Å². The van der Waals surface area contributed by atoms with E-state index in [0.29, 0.717) is 17.1 Å². The van der Waals surface area contributed by atoms with E-state index in [2.05, 4.69) is 55.6 Å². The lowest BCUT2D eigenvalue weighted by molar-refractivity contribution is 0.318. The lowest BCUT2D eigenvalue weighted by atomic mass is 9.69. The number of benzene rings is 1. The fourth-order valence-electron chi connectivity index (χ4n) is 4.77. The first kappa shape index (κ1) is 21.0. The van der Waals surface area contributed by atoms with Crippen molar-refractivity contribution in [3.05, 3.63) is 81.3 Å². The number of hydrogen-bond acceptors (Lipinski definition) is 3. The Hall–Kier alpha value is -3.24. The van der Waals surface area contributed by atoms with Gasteiger partial charge < -0.3 is 9.64 Å². The van der Waals surface area contributed by atoms with E-state index >= 15 is 0 Å². The molecule has 0 spiro atoms. The first-order chi connectivity index (χ1) is 14.6. The van der Waals surface area contributed by atoms with Gasteiger partial charge in [-0.3, -0.25) is 0 Å². The molecule has 0 bridgehead atoms.